The van der Waals surface area contributed by atoms with Crippen LogP contribution in [0.4, 0.5) is 5.69 Å². The standard InChI is InChI=1S/C23H31N3O3/c1-2-18-5-3-4-6-19(18)26-21(28)14-24-20(27)13-25-22(29)23-10-15-7-16(11-23)9-17(8-15)12-23/h3-6,15-17H,2,7-14H2,1H3,(H,24,27)(H,25,29)(H,26,28). The van der Waals surface area contributed by atoms with Crippen LogP contribution in [0.3, 0.4) is 0 Å². The zero-order chi connectivity index (χ0) is 20.4. The third kappa shape index (κ3) is 4.31. The molecule has 4 aliphatic carbocycles. The number of aryl methyl sites for hydroxylation is 1. The number of amides is 3. The number of nitrogens with one attached hydrogen (secondary N) is 3. The molecule has 0 radical (unpaired) electrons. The van der Waals surface area contributed by atoms with Gasteiger partial charge in [-0.2, -0.15) is 0 Å². The minimum Gasteiger partial charge on any atom is -0.347 e. The monoisotopic (exact) mass is 397 g/mol. The van der Waals surface area contributed by atoms with E-state index in [0.717, 1.165) is 36.9 Å². The molecule has 4 aliphatic rings. The van der Waals surface area contributed by atoms with Crippen molar-refractivity contribution in [1.29, 1.82) is 0 Å². The summed E-state index contributed by atoms with van der Waals surface area (Å²) in [5.41, 5.74) is 1.57. The summed E-state index contributed by atoms with van der Waals surface area (Å²) in [7, 11) is 0. The maximum Gasteiger partial charge on any atom is 0.243 e. The Morgan fingerprint density at radius 1 is 0.897 bits per heavy atom. The molecular formula is C23H31N3O3. The van der Waals surface area contributed by atoms with Gasteiger partial charge in [-0.05, 0) is 74.3 Å². The quantitative estimate of drug-likeness (QED) is 0.661. The van der Waals surface area contributed by atoms with Gasteiger partial charge in [-0.25, -0.2) is 0 Å². The van der Waals surface area contributed by atoms with Gasteiger partial charge in [0.2, 0.25) is 17.7 Å². The number of hydrogen-bond acceptors (Lipinski definition) is 3. The summed E-state index contributed by atoms with van der Waals surface area (Å²) >= 11 is 0. The molecule has 3 N–H and O–H groups in total. The zero-order valence-corrected chi connectivity index (χ0v) is 17.1. The summed E-state index contributed by atoms with van der Waals surface area (Å²) in [6, 6.07) is 7.62. The first kappa shape index (κ1) is 19.9. The van der Waals surface area contributed by atoms with Gasteiger partial charge in [0, 0.05) is 11.1 Å². The molecule has 3 amide bonds. The third-order valence-electron chi connectivity index (χ3n) is 7.05. The number of para-hydroxylation sites is 1. The van der Waals surface area contributed by atoms with Gasteiger partial charge >= 0.3 is 0 Å². The highest BCUT2D eigenvalue weighted by molar-refractivity contribution is 5.96. The molecule has 0 aromatic heterocycles. The van der Waals surface area contributed by atoms with E-state index >= 15 is 0 Å². The number of carbonyl (C=O) groups is 3. The van der Waals surface area contributed by atoms with Crippen LogP contribution in [-0.2, 0) is 20.8 Å². The van der Waals surface area contributed by atoms with Crippen LogP contribution in [0.1, 0.15) is 51.0 Å². The van der Waals surface area contributed by atoms with Crippen molar-refractivity contribution < 1.29 is 14.4 Å². The Labute approximate surface area is 172 Å². The second-order valence-electron chi connectivity index (χ2n) is 9.22. The van der Waals surface area contributed by atoms with Crippen LogP contribution in [0.25, 0.3) is 0 Å². The number of anilines is 1. The molecular weight excluding hydrogens is 366 g/mol. The van der Waals surface area contributed by atoms with E-state index in [1.807, 2.05) is 31.2 Å². The first-order valence-corrected chi connectivity index (χ1v) is 10.9. The normalized spacial score (nSPS) is 29.3. The Kier molecular flexibility index (Phi) is 5.61. The summed E-state index contributed by atoms with van der Waals surface area (Å²) < 4.78 is 0. The second kappa shape index (κ2) is 8.17. The third-order valence-corrected chi connectivity index (χ3v) is 7.05. The molecule has 0 unspecified atom stereocenters. The van der Waals surface area contributed by atoms with Crippen LogP contribution in [0.5, 0.6) is 0 Å². The lowest BCUT2D eigenvalue weighted by Crippen LogP contribution is -2.54. The Morgan fingerprint density at radius 2 is 1.48 bits per heavy atom. The molecule has 6 nitrogen and oxygen atoms in total. The van der Waals surface area contributed by atoms with Crippen LogP contribution in [0.2, 0.25) is 0 Å². The van der Waals surface area contributed by atoms with Crippen molar-refractivity contribution in [3.63, 3.8) is 0 Å². The molecule has 0 atom stereocenters. The molecule has 6 heteroatoms. The first-order valence-electron chi connectivity index (χ1n) is 10.9. The lowest BCUT2D eigenvalue weighted by Gasteiger charge is -2.55. The van der Waals surface area contributed by atoms with Gasteiger partial charge in [0.15, 0.2) is 0 Å². The predicted molar refractivity (Wildman–Crippen MR) is 111 cm³/mol. The number of benzene rings is 1. The molecule has 0 heterocycles. The lowest BCUT2D eigenvalue weighted by molar-refractivity contribution is -0.147. The van der Waals surface area contributed by atoms with Gasteiger partial charge < -0.3 is 16.0 Å². The molecule has 4 fully saturated rings. The molecule has 4 bridgehead atoms. The minimum absolute atomic E-state index is 0.0353. The Morgan fingerprint density at radius 3 is 2.10 bits per heavy atom. The summed E-state index contributed by atoms with van der Waals surface area (Å²) in [6.45, 7) is 1.85. The van der Waals surface area contributed by atoms with E-state index in [-0.39, 0.29) is 36.2 Å². The average Bonchev–Trinajstić information content (AvgIpc) is 2.70. The van der Waals surface area contributed by atoms with Crippen LogP contribution >= 0.6 is 0 Å². The van der Waals surface area contributed by atoms with E-state index in [0.29, 0.717) is 17.8 Å². The van der Waals surface area contributed by atoms with Gasteiger partial charge in [0.05, 0.1) is 13.1 Å². The Bertz CT molecular complexity index is 769. The minimum atomic E-state index is -0.331. The molecule has 5 rings (SSSR count). The van der Waals surface area contributed by atoms with Crippen molar-refractivity contribution in [2.24, 2.45) is 23.2 Å². The van der Waals surface area contributed by atoms with Crippen LogP contribution in [0.15, 0.2) is 24.3 Å². The molecule has 0 aliphatic heterocycles. The number of rotatable bonds is 7. The average molecular weight is 398 g/mol. The molecule has 1 aromatic rings. The van der Waals surface area contributed by atoms with Crippen molar-refractivity contribution in [2.75, 3.05) is 18.4 Å². The van der Waals surface area contributed by atoms with E-state index < -0.39 is 0 Å². The number of carbonyl (C=O) groups excluding carboxylic acids is 3. The highest BCUT2D eigenvalue weighted by Crippen LogP contribution is 2.60. The Balaban J connectivity index is 1.22. The van der Waals surface area contributed by atoms with Gasteiger partial charge in [-0.3, -0.25) is 14.4 Å². The molecule has 0 spiro atoms. The van der Waals surface area contributed by atoms with Crippen LogP contribution in [0, 0.1) is 23.2 Å². The maximum absolute atomic E-state index is 12.9. The van der Waals surface area contributed by atoms with Gasteiger partial charge in [0.25, 0.3) is 0 Å². The van der Waals surface area contributed by atoms with Gasteiger partial charge in [0.1, 0.15) is 0 Å². The first-order chi connectivity index (χ1) is 14.0. The largest absolute Gasteiger partial charge is 0.347 e. The smallest absolute Gasteiger partial charge is 0.243 e. The van der Waals surface area contributed by atoms with Crippen LogP contribution < -0.4 is 16.0 Å². The fourth-order valence-electron chi connectivity index (χ4n) is 6.12. The van der Waals surface area contributed by atoms with E-state index in [9.17, 15) is 14.4 Å². The molecule has 1 aromatic carbocycles. The maximum atomic E-state index is 12.9. The van der Waals surface area contributed by atoms with Crippen molar-refractivity contribution >= 4 is 23.4 Å². The molecule has 156 valence electrons. The van der Waals surface area contributed by atoms with Gasteiger partial charge in [-0.1, -0.05) is 25.1 Å². The van der Waals surface area contributed by atoms with E-state index in [4.69, 9.17) is 0 Å². The predicted octanol–water partition coefficient (Wildman–Crippen LogP) is 2.64. The van der Waals surface area contributed by atoms with E-state index in [1.165, 1.54) is 19.3 Å². The number of hydrogen-bond donors (Lipinski definition) is 3. The second-order valence-corrected chi connectivity index (χ2v) is 9.22. The summed E-state index contributed by atoms with van der Waals surface area (Å²) in [5.74, 6) is 1.50. The van der Waals surface area contributed by atoms with Crippen molar-refractivity contribution in [3.05, 3.63) is 29.8 Å². The highest BCUT2D eigenvalue weighted by atomic mass is 16.2. The topological polar surface area (TPSA) is 87.3 Å². The highest BCUT2D eigenvalue weighted by Gasteiger charge is 2.54. The fraction of sp³-hybridized carbons (Fsp3) is 0.609. The van der Waals surface area contributed by atoms with Crippen LogP contribution in [-0.4, -0.2) is 30.8 Å². The fourth-order valence-corrected chi connectivity index (χ4v) is 6.12. The summed E-state index contributed by atoms with van der Waals surface area (Å²) in [6.07, 6.45) is 7.60. The summed E-state index contributed by atoms with van der Waals surface area (Å²) in [5, 5.41) is 8.28. The van der Waals surface area contributed by atoms with Crippen molar-refractivity contribution in [2.45, 2.75) is 51.9 Å². The zero-order valence-electron chi connectivity index (χ0n) is 17.1. The molecule has 0 saturated heterocycles. The van der Waals surface area contributed by atoms with E-state index in [2.05, 4.69) is 16.0 Å². The SMILES string of the molecule is CCc1ccccc1NC(=O)CNC(=O)CNC(=O)C12CC3CC(CC(C3)C1)C2. The Hall–Kier alpha value is -2.37. The lowest BCUT2D eigenvalue weighted by atomic mass is 9.49. The van der Waals surface area contributed by atoms with Crippen molar-refractivity contribution in [3.8, 4) is 0 Å². The van der Waals surface area contributed by atoms with Crippen molar-refractivity contribution in [1.82, 2.24) is 10.6 Å². The summed E-state index contributed by atoms with van der Waals surface area (Å²) in [4.78, 5) is 37.2. The van der Waals surface area contributed by atoms with Gasteiger partial charge in [-0.15, -0.1) is 0 Å². The van der Waals surface area contributed by atoms with E-state index in [1.54, 1.807) is 0 Å². The molecule has 4 saturated carbocycles. The molecule has 29 heavy (non-hydrogen) atoms.